The monoisotopic (exact) mass is 457 g/mol. The summed E-state index contributed by atoms with van der Waals surface area (Å²) in [5, 5.41) is 5.82. The predicted octanol–water partition coefficient (Wildman–Crippen LogP) is 3.46. The van der Waals surface area contributed by atoms with E-state index in [0.717, 1.165) is 18.6 Å². The number of methoxy groups -OCH3 is 1. The lowest BCUT2D eigenvalue weighted by Crippen LogP contribution is -2.42. The zero-order valence-corrected chi connectivity index (χ0v) is 16.1. The molecule has 8 heteroatoms. The van der Waals surface area contributed by atoms with Crippen molar-refractivity contribution in [3.63, 3.8) is 0 Å². The zero-order valence-electron chi connectivity index (χ0n) is 13.7. The highest BCUT2D eigenvalue weighted by Gasteiger charge is 2.44. The van der Waals surface area contributed by atoms with Crippen molar-refractivity contribution in [1.29, 1.82) is 0 Å². The summed E-state index contributed by atoms with van der Waals surface area (Å²) in [6.07, 6.45) is -2.94. The molecule has 0 atom stereocenters. The van der Waals surface area contributed by atoms with E-state index in [1.165, 1.54) is 5.56 Å². The van der Waals surface area contributed by atoms with E-state index >= 15 is 0 Å². The first-order valence-electron chi connectivity index (χ1n) is 7.54. The lowest BCUT2D eigenvalue weighted by Gasteiger charge is -2.19. The van der Waals surface area contributed by atoms with Crippen molar-refractivity contribution in [1.82, 2.24) is 10.6 Å². The molecule has 1 saturated carbocycles. The molecule has 0 aromatic heterocycles. The highest BCUT2D eigenvalue weighted by atomic mass is 127. The van der Waals surface area contributed by atoms with Crippen molar-refractivity contribution in [3.05, 3.63) is 29.8 Å². The molecule has 0 heterocycles. The number of aliphatic imine (C=N–C) groups is 1. The van der Waals surface area contributed by atoms with Gasteiger partial charge in [-0.25, -0.2) is 0 Å². The zero-order chi connectivity index (χ0) is 16.9. The van der Waals surface area contributed by atoms with Crippen molar-refractivity contribution in [2.75, 3.05) is 27.2 Å². The lowest BCUT2D eigenvalue weighted by molar-refractivity contribution is -0.132. The minimum atomic E-state index is -4.16. The molecule has 1 aromatic carbocycles. The number of halogens is 4. The second kappa shape index (κ2) is 8.77. The summed E-state index contributed by atoms with van der Waals surface area (Å²) in [4.78, 5) is 3.97. The Hall–Kier alpha value is -1.19. The van der Waals surface area contributed by atoms with Crippen LogP contribution in [0.3, 0.4) is 0 Å². The van der Waals surface area contributed by atoms with Gasteiger partial charge < -0.3 is 15.4 Å². The molecule has 0 radical (unpaired) electrons. The minimum Gasteiger partial charge on any atom is -0.497 e. The molecule has 136 valence electrons. The van der Waals surface area contributed by atoms with E-state index in [1.807, 2.05) is 24.3 Å². The third kappa shape index (κ3) is 6.03. The first-order chi connectivity index (χ1) is 10.9. The Kier molecular flexibility index (Phi) is 7.62. The van der Waals surface area contributed by atoms with Crippen LogP contribution in [0.1, 0.15) is 24.8 Å². The fourth-order valence-corrected chi connectivity index (χ4v) is 2.46. The first-order valence-corrected chi connectivity index (χ1v) is 7.54. The molecule has 0 bridgehead atoms. The summed E-state index contributed by atoms with van der Waals surface area (Å²) < 4.78 is 41.7. The van der Waals surface area contributed by atoms with Gasteiger partial charge in [0, 0.05) is 25.6 Å². The van der Waals surface area contributed by atoms with Gasteiger partial charge in [0.2, 0.25) is 0 Å². The Morgan fingerprint density at radius 3 is 2.29 bits per heavy atom. The summed E-state index contributed by atoms with van der Waals surface area (Å²) in [5.74, 6) is 1.20. The molecule has 1 aliphatic carbocycles. The molecule has 0 saturated heterocycles. The fraction of sp³-hybridized carbons (Fsp3) is 0.562. The summed E-state index contributed by atoms with van der Waals surface area (Å²) >= 11 is 0. The Balaban J connectivity index is 0.00000288. The number of benzene rings is 1. The van der Waals surface area contributed by atoms with Crippen LogP contribution in [0.2, 0.25) is 0 Å². The van der Waals surface area contributed by atoms with E-state index in [9.17, 15) is 13.2 Å². The van der Waals surface area contributed by atoms with Crippen LogP contribution in [0.5, 0.6) is 5.75 Å². The highest BCUT2D eigenvalue weighted by Crippen LogP contribution is 2.47. The van der Waals surface area contributed by atoms with Gasteiger partial charge in [-0.05, 0) is 30.5 Å². The largest absolute Gasteiger partial charge is 0.497 e. The number of alkyl halides is 3. The molecule has 0 spiro atoms. The summed E-state index contributed by atoms with van der Waals surface area (Å²) in [6, 6.07) is 7.92. The van der Waals surface area contributed by atoms with Gasteiger partial charge in [-0.1, -0.05) is 12.1 Å². The van der Waals surface area contributed by atoms with Crippen molar-refractivity contribution < 1.29 is 17.9 Å². The SMILES string of the molecule is CN=C(NCCC(F)(F)F)NCC1(c2ccc(OC)cc2)CC1.I. The van der Waals surface area contributed by atoms with E-state index in [1.54, 1.807) is 14.2 Å². The summed E-state index contributed by atoms with van der Waals surface area (Å²) in [5.41, 5.74) is 1.24. The van der Waals surface area contributed by atoms with Gasteiger partial charge in [0.1, 0.15) is 5.75 Å². The topological polar surface area (TPSA) is 45.7 Å². The number of guanidine groups is 1. The Bertz CT molecular complexity index is 542. The standard InChI is InChI=1S/C16H22F3N3O.HI/c1-20-14(21-10-9-16(17,18)19)22-11-15(7-8-15)12-3-5-13(23-2)6-4-12;/h3-6H,7-11H2,1-2H3,(H2,20,21,22);1H. The van der Waals surface area contributed by atoms with E-state index in [-0.39, 0.29) is 35.9 Å². The van der Waals surface area contributed by atoms with E-state index < -0.39 is 12.6 Å². The molecule has 4 nitrogen and oxygen atoms in total. The van der Waals surface area contributed by atoms with Crippen LogP contribution in [0, 0.1) is 0 Å². The molecular formula is C16H23F3IN3O. The normalized spacial score (nSPS) is 16.1. The van der Waals surface area contributed by atoms with E-state index in [2.05, 4.69) is 15.6 Å². The van der Waals surface area contributed by atoms with Crippen molar-refractivity contribution in [2.24, 2.45) is 4.99 Å². The van der Waals surface area contributed by atoms with Crippen LogP contribution in [0.25, 0.3) is 0 Å². The van der Waals surface area contributed by atoms with Gasteiger partial charge in [-0.15, -0.1) is 24.0 Å². The van der Waals surface area contributed by atoms with Gasteiger partial charge in [0.15, 0.2) is 5.96 Å². The number of hydrogen-bond donors (Lipinski definition) is 2. The number of hydrogen-bond acceptors (Lipinski definition) is 2. The molecule has 0 unspecified atom stereocenters. The molecule has 0 aliphatic heterocycles. The van der Waals surface area contributed by atoms with Gasteiger partial charge >= 0.3 is 6.18 Å². The maximum Gasteiger partial charge on any atom is 0.390 e. The van der Waals surface area contributed by atoms with Gasteiger partial charge in [0.05, 0.1) is 13.5 Å². The van der Waals surface area contributed by atoms with Crippen molar-refractivity contribution >= 4 is 29.9 Å². The molecule has 2 N–H and O–H groups in total. The van der Waals surface area contributed by atoms with E-state index in [0.29, 0.717) is 12.5 Å². The van der Waals surface area contributed by atoms with Gasteiger partial charge in [-0.3, -0.25) is 4.99 Å². The van der Waals surface area contributed by atoms with Crippen LogP contribution in [0.4, 0.5) is 13.2 Å². The van der Waals surface area contributed by atoms with Crippen molar-refractivity contribution in [3.8, 4) is 5.75 Å². The number of nitrogens with one attached hydrogen (secondary N) is 2. The highest BCUT2D eigenvalue weighted by molar-refractivity contribution is 14.0. The average molecular weight is 457 g/mol. The third-order valence-electron chi connectivity index (χ3n) is 4.07. The second-order valence-electron chi connectivity index (χ2n) is 5.73. The number of rotatable bonds is 6. The maximum absolute atomic E-state index is 12.2. The molecule has 1 aliphatic rings. The minimum absolute atomic E-state index is 0. The van der Waals surface area contributed by atoms with Gasteiger partial charge in [-0.2, -0.15) is 13.2 Å². The van der Waals surface area contributed by atoms with Crippen LogP contribution in [0.15, 0.2) is 29.3 Å². The van der Waals surface area contributed by atoms with Gasteiger partial charge in [0.25, 0.3) is 0 Å². The molecule has 1 fully saturated rings. The van der Waals surface area contributed by atoms with Crippen molar-refractivity contribution in [2.45, 2.75) is 30.9 Å². The van der Waals surface area contributed by atoms with E-state index in [4.69, 9.17) is 4.74 Å². The van der Waals surface area contributed by atoms with Crippen LogP contribution >= 0.6 is 24.0 Å². The maximum atomic E-state index is 12.2. The lowest BCUT2D eigenvalue weighted by atomic mass is 9.96. The third-order valence-corrected chi connectivity index (χ3v) is 4.07. The Morgan fingerprint density at radius 1 is 1.21 bits per heavy atom. The molecule has 24 heavy (non-hydrogen) atoms. The van der Waals surface area contributed by atoms with Crippen LogP contribution in [-0.2, 0) is 5.41 Å². The fourth-order valence-electron chi connectivity index (χ4n) is 2.46. The average Bonchev–Trinajstić information content (AvgIpc) is 3.31. The molecular weight excluding hydrogens is 434 g/mol. The predicted molar refractivity (Wildman–Crippen MR) is 99.4 cm³/mol. The Morgan fingerprint density at radius 2 is 1.83 bits per heavy atom. The summed E-state index contributed by atoms with van der Waals surface area (Å²) in [6.45, 7) is 0.462. The smallest absolute Gasteiger partial charge is 0.390 e. The first kappa shape index (κ1) is 20.9. The molecule has 1 aromatic rings. The number of nitrogens with zero attached hydrogens (tertiary/aromatic N) is 1. The summed E-state index contributed by atoms with van der Waals surface area (Å²) in [7, 11) is 3.18. The second-order valence-corrected chi connectivity index (χ2v) is 5.73. The quantitative estimate of drug-likeness (QED) is 0.391. The van der Waals surface area contributed by atoms with Crippen LogP contribution < -0.4 is 15.4 Å². The van der Waals surface area contributed by atoms with Crippen LogP contribution in [-0.4, -0.2) is 39.4 Å². The Labute approximate surface area is 157 Å². The molecule has 2 rings (SSSR count). The molecule has 0 amide bonds. The number of ether oxygens (including phenoxy) is 1.